The fourth-order valence-electron chi connectivity index (χ4n) is 5.57. The summed E-state index contributed by atoms with van der Waals surface area (Å²) in [5.41, 5.74) is 3.75. The fourth-order valence-corrected chi connectivity index (χ4v) is 5.79. The van der Waals surface area contributed by atoms with E-state index < -0.39 is 5.69 Å². The minimum atomic E-state index is -0.391. The number of nitrogens with one attached hydrogen (secondary N) is 1. The first-order valence-corrected chi connectivity index (χ1v) is 11.8. The van der Waals surface area contributed by atoms with Crippen molar-refractivity contribution in [3.05, 3.63) is 73.4 Å². The summed E-state index contributed by atoms with van der Waals surface area (Å²) in [6, 6.07) is 12.9. The second-order valence-electron chi connectivity index (χ2n) is 9.22. The van der Waals surface area contributed by atoms with Gasteiger partial charge in [0.25, 0.3) is 5.56 Å². The number of aryl methyl sites for hydroxylation is 2. The molecule has 7 heteroatoms. The largest absolute Gasteiger partial charge is 0.368 e. The van der Waals surface area contributed by atoms with Gasteiger partial charge < -0.3 is 9.88 Å². The first kappa shape index (κ1) is 21.3. The summed E-state index contributed by atoms with van der Waals surface area (Å²) in [4.78, 5) is 33.3. The Bertz CT molecular complexity index is 1270. The van der Waals surface area contributed by atoms with Gasteiger partial charge in [-0.3, -0.25) is 14.3 Å². The summed E-state index contributed by atoms with van der Waals surface area (Å²) in [5, 5.41) is 0.848. The summed E-state index contributed by atoms with van der Waals surface area (Å²) in [6.45, 7) is 7.72. The monoisotopic (exact) mass is 452 g/mol. The SMILES string of the molecule is Cc1ccc(N2CC3CCC(C2)N3CCCn2c(=O)[nH]c3c(Cl)cccc3c2=O)c(C)c1. The first-order valence-electron chi connectivity index (χ1n) is 11.4. The third kappa shape index (κ3) is 3.76. The lowest BCUT2D eigenvalue weighted by atomic mass is 10.1. The van der Waals surface area contributed by atoms with E-state index in [0.29, 0.717) is 34.6 Å². The number of halogens is 1. The highest BCUT2D eigenvalue weighted by atomic mass is 35.5. The molecule has 2 unspecified atom stereocenters. The lowest BCUT2D eigenvalue weighted by Crippen LogP contribution is -2.54. The van der Waals surface area contributed by atoms with Crippen LogP contribution in [-0.4, -0.2) is 46.2 Å². The molecule has 5 rings (SSSR count). The molecule has 0 amide bonds. The molecule has 3 aromatic rings. The maximum Gasteiger partial charge on any atom is 0.328 e. The molecule has 3 heterocycles. The molecule has 168 valence electrons. The Hall–Kier alpha value is -2.57. The quantitative estimate of drug-likeness (QED) is 0.641. The molecule has 2 aliphatic rings. The van der Waals surface area contributed by atoms with Crippen LogP contribution in [0.4, 0.5) is 5.69 Å². The van der Waals surface area contributed by atoms with Gasteiger partial charge in [0.05, 0.1) is 15.9 Å². The summed E-state index contributed by atoms with van der Waals surface area (Å²) in [6.07, 6.45) is 3.19. The van der Waals surface area contributed by atoms with Gasteiger partial charge >= 0.3 is 5.69 Å². The normalized spacial score (nSPS) is 20.9. The van der Waals surface area contributed by atoms with E-state index in [4.69, 9.17) is 11.6 Å². The molecule has 2 saturated heterocycles. The van der Waals surface area contributed by atoms with Crippen molar-refractivity contribution in [2.75, 3.05) is 24.5 Å². The molecule has 2 bridgehead atoms. The third-order valence-electron chi connectivity index (χ3n) is 7.09. The predicted molar refractivity (Wildman–Crippen MR) is 130 cm³/mol. The molecule has 2 fully saturated rings. The van der Waals surface area contributed by atoms with Gasteiger partial charge in [0.15, 0.2) is 0 Å². The summed E-state index contributed by atoms with van der Waals surface area (Å²) in [7, 11) is 0. The van der Waals surface area contributed by atoms with Gasteiger partial charge in [0.2, 0.25) is 0 Å². The van der Waals surface area contributed by atoms with Gasteiger partial charge in [0, 0.05) is 44.0 Å². The molecule has 0 aliphatic carbocycles. The maximum absolute atomic E-state index is 12.8. The van der Waals surface area contributed by atoms with E-state index in [1.807, 2.05) is 0 Å². The Morgan fingerprint density at radius 3 is 2.50 bits per heavy atom. The molecule has 0 saturated carbocycles. The molecule has 2 atom stereocenters. The highest BCUT2D eigenvalue weighted by Crippen LogP contribution is 2.34. The van der Waals surface area contributed by atoms with E-state index in [2.05, 4.69) is 46.8 Å². The van der Waals surface area contributed by atoms with Crippen molar-refractivity contribution in [3.63, 3.8) is 0 Å². The Morgan fingerprint density at radius 1 is 1.03 bits per heavy atom. The number of piperazine rings is 1. The lowest BCUT2D eigenvalue weighted by Gasteiger charge is -2.42. The number of hydrogen-bond acceptors (Lipinski definition) is 4. The van der Waals surface area contributed by atoms with Crippen molar-refractivity contribution in [1.82, 2.24) is 14.5 Å². The molecular formula is C25H29ClN4O2. The van der Waals surface area contributed by atoms with Crippen molar-refractivity contribution in [1.29, 1.82) is 0 Å². The van der Waals surface area contributed by atoms with Crippen LogP contribution in [0.3, 0.4) is 0 Å². The molecule has 6 nitrogen and oxygen atoms in total. The molecule has 32 heavy (non-hydrogen) atoms. The second-order valence-corrected chi connectivity index (χ2v) is 9.63. The molecule has 0 radical (unpaired) electrons. The van der Waals surface area contributed by atoms with E-state index in [-0.39, 0.29) is 5.56 Å². The summed E-state index contributed by atoms with van der Waals surface area (Å²) >= 11 is 6.14. The zero-order valence-corrected chi connectivity index (χ0v) is 19.4. The number of rotatable bonds is 5. The van der Waals surface area contributed by atoms with Gasteiger partial charge in [-0.1, -0.05) is 35.4 Å². The Kier molecular flexibility index (Phi) is 5.59. The Morgan fingerprint density at radius 2 is 1.78 bits per heavy atom. The lowest BCUT2D eigenvalue weighted by molar-refractivity contribution is 0.164. The smallest absolute Gasteiger partial charge is 0.328 e. The van der Waals surface area contributed by atoms with Crippen molar-refractivity contribution in [2.45, 2.75) is 51.7 Å². The molecule has 1 aromatic heterocycles. The first-order chi connectivity index (χ1) is 15.4. The predicted octanol–water partition coefficient (Wildman–Crippen LogP) is 3.70. The van der Waals surface area contributed by atoms with Crippen LogP contribution < -0.4 is 16.1 Å². The number of hydrogen-bond donors (Lipinski definition) is 1. The van der Waals surface area contributed by atoms with Gasteiger partial charge in [-0.25, -0.2) is 4.79 Å². The number of fused-ring (bicyclic) bond motifs is 3. The molecule has 2 aliphatic heterocycles. The Labute approximate surface area is 192 Å². The third-order valence-corrected chi connectivity index (χ3v) is 7.41. The minimum absolute atomic E-state index is 0.270. The van der Waals surface area contributed by atoms with Crippen LogP contribution in [0.25, 0.3) is 10.9 Å². The Balaban J connectivity index is 1.27. The number of aromatic amines is 1. The van der Waals surface area contributed by atoms with Crippen LogP contribution in [0.1, 0.15) is 30.4 Å². The van der Waals surface area contributed by atoms with Crippen LogP contribution >= 0.6 is 11.6 Å². The molecule has 0 spiro atoms. The standard InChI is InChI=1S/C25H29ClN4O2/c1-16-7-10-22(17(2)13-16)28-14-18-8-9-19(15-28)29(18)11-4-12-30-24(31)20-5-3-6-21(26)23(20)27-25(30)32/h3,5-7,10,13,18-19H,4,8-9,11-12,14-15H2,1-2H3,(H,27,32). The van der Waals surface area contributed by atoms with Crippen molar-refractivity contribution in [3.8, 4) is 0 Å². The van der Waals surface area contributed by atoms with Crippen LogP contribution in [0.15, 0.2) is 46.0 Å². The van der Waals surface area contributed by atoms with E-state index in [1.54, 1.807) is 18.2 Å². The van der Waals surface area contributed by atoms with Gasteiger partial charge in [-0.2, -0.15) is 0 Å². The van der Waals surface area contributed by atoms with Crippen molar-refractivity contribution < 1.29 is 0 Å². The molecular weight excluding hydrogens is 424 g/mol. The number of nitrogens with zero attached hydrogens (tertiary/aromatic N) is 3. The maximum atomic E-state index is 12.8. The van der Waals surface area contributed by atoms with E-state index >= 15 is 0 Å². The zero-order chi connectivity index (χ0) is 22.4. The minimum Gasteiger partial charge on any atom is -0.368 e. The fraction of sp³-hybridized carbons (Fsp3) is 0.440. The van der Waals surface area contributed by atoms with Crippen LogP contribution in [0, 0.1) is 13.8 Å². The van der Waals surface area contributed by atoms with Crippen LogP contribution in [0.2, 0.25) is 5.02 Å². The number of anilines is 1. The zero-order valence-electron chi connectivity index (χ0n) is 18.6. The second kappa shape index (κ2) is 8.41. The van der Waals surface area contributed by atoms with Gasteiger partial charge in [0.1, 0.15) is 0 Å². The highest BCUT2D eigenvalue weighted by Gasteiger charge is 2.39. The van der Waals surface area contributed by atoms with Crippen LogP contribution in [0.5, 0.6) is 0 Å². The van der Waals surface area contributed by atoms with Crippen molar-refractivity contribution in [2.24, 2.45) is 0 Å². The topological polar surface area (TPSA) is 61.3 Å². The van der Waals surface area contributed by atoms with E-state index in [1.165, 1.54) is 34.2 Å². The van der Waals surface area contributed by atoms with Crippen molar-refractivity contribution >= 4 is 28.2 Å². The number of para-hydroxylation sites is 1. The summed E-state index contributed by atoms with van der Waals surface area (Å²) in [5.74, 6) is 0. The summed E-state index contributed by atoms with van der Waals surface area (Å²) < 4.78 is 1.31. The van der Waals surface area contributed by atoms with Gasteiger partial charge in [-0.05, 0) is 56.9 Å². The number of aromatic nitrogens is 2. The molecule has 1 N–H and O–H groups in total. The van der Waals surface area contributed by atoms with Gasteiger partial charge in [-0.15, -0.1) is 0 Å². The van der Waals surface area contributed by atoms with E-state index in [0.717, 1.165) is 26.1 Å². The average molecular weight is 453 g/mol. The average Bonchev–Trinajstić information content (AvgIpc) is 2.98. The number of benzene rings is 2. The number of H-pyrrole nitrogens is 1. The molecule has 2 aromatic carbocycles. The van der Waals surface area contributed by atoms with E-state index in [9.17, 15) is 9.59 Å². The van der Waals surface area contributed by atoms with Crippen LogP contribution in [-0.2, 0) is 6.54 Å². The highest BCUT2D eigenvalue weighted by molar-refractivity contribution is 6.34.